The Labute approximate surface area is 95.4 Å². The summed E-state index contributed by atoms with van der Waals surface area (Å²) < 4.78 is 11.2. The highest BCUT2D eigenvalue weighted by atomic mass is 16.5. The van der Waals surface area contributed by atoms with Gasteiger partial charge in [-0.15, -0.1) is 0 Å². The van der Waals surface area contributed by atoms with E-state index in [0.717, 1.165) is 24.9 Å². The molecule has 2 atom stereocenters. The van der Waals surface area contributed by atoms with Gasteiger partial charge in [-0.25, -0.2) is 0 Å². The summed E-state index contributed by atoms with van der Waals surface area (Å²) in [6.07, 6.45) is 3.56. The van der Waals surface area contributed by atoms with Gasteiger partial charge in [0, 0.05) is 5.56 Å². The van der Waals surface area contributed by atoms with Crippen LogP contribution in [-0.2, 0) is 4.74 Å². The molecule has 1 aromatic rings. The molecule has 1 fully saturated rings. The molecule has 2 unspecified atom stereocenters. The molecule has 1 heterocycles. The van der Waals surface area contributed by atoms with Crippen LogP contribution in [0.2, 0.25) is 0 Å². The summed E-state index contributed by atoms with van der Waals surface area (Å²) in [5.74, 6) is 0.786. The van der Waals surface area contributed by atoms with Crippen molar-refractivity contribution in [3.63, 3.8) is 0 Å². The fourth-order valence-corrected chi connectivity index (χ4v) is 1.84. The molecule has 0 saturated carbocycles. The Morgan fingerprint density at radius 3 is 2.69 bits per heavy atom. The lowest BCUT2D eigenvalue weighted by Crippen LogP contribution is -2.17. The molecule has 1 aliphatic heterocycles. The molecular weight excluding hydrogens is 204 g/mol. The zero-order valence-corrected chi connectivity index (χ0v) is 9.39. The molecular formula is C13H16O3. The van der Waals surface area contributed by atoms with Gasteiger partial charge in [0.1, 0.15) is 18.6 Å². The topological polar surface area (TPSA) is 35.5 Å². The number of aldehydes is 1. The first kappa shape index (κ1) is 11.1. The molecule has 0 amide bonds. The summed E-state index contributed by atoms with van der Waals surface area (Å²) in [4.78, 5) is 10.5. The third kappa shape index (κ3) is 2.83. The fraction of sp³-hybridized carbons (Fsp3) is 0.462. The number of carbonyl (C=O) groups is 1. The van der Waals surface area contributed by atoms with Crippen molar-refractivity contribution in [1.29, 1.82) is 0 Å². The van der Waals surface area contributed by atoms with Crippen molar-refractivity contribution >= 4 is 6.29 Å². The predicted molar refractivity (Wildman–Crippen MR) is 60.9 cm³/mol. The average Bonchev–Trinajstić information content (AvgIpc) is 2.73. The van der Waals surface area contributed by atoms with Crippen molar-refractivity contribution in [2.45, 2.75) is 32.0 Å². The molecule has 1 aromatic carbocycles. The van der Waals surface area contributed by atoms with Crippen LogP contribution in [0.25, 0.3) is 0 Å². The summed E-state index contributed by atoms with van der Waals surface area (Å²) in [5, 5.41) is 0. The zero-order valence-electron chi connectivity index (χ0n) is 9.39. The highest BCUT2D eigenvalue weighted by molar-refractivity contribution is 5.74. The number of rotatable bonds is 4. The fourth-order valence-electron chi connectivity index (χ4n) is 1.84. The predicted octanol–water partition coefficient (Wildman–Crippen LogP) is 2.45. The van der Waals surface area contributed by atoms with Crippen molar-refractivity contribution in [3.8, 4) is 5.75 Å². The van der Waals surface area contributed by atoms with Crippen LogP contribution in [0, 0.1) is 0 Å². The van der Waals surface area contributed by atoms with E-state index in [0.29, 0.717) is 18.3 Å². The van der Waals surface area contributed by atoms with Crippen LogP contribution < -0.4 is 4.74 Å². The smallest absolute Gasteiger partial charge is 0.150 e. The number of hydrogen-bond acceptors (Lipinski definition) is 3. The first-order valence-corrected chi connectivity index (χ1v) is 5.61. The highest BCUT2D eigenvalue weighted by Crippen LogP contribution is 2.20. The maximum absolute atomic E-state index is 10.5. The molecule has 1 saturated heterocycles. The van der Waals surface area contributed by atoms with Gasteiger partial charge < -0.3 is 9.47 Å². The average molecular weight is 220 g/mol. The maximum Gasteiger partial charge on any atom is 0.150 e. The quantitative estimate of drug-likeness (QED) is 0.731. The van der Waals surface area contributed by atoms with Crippen LogP contribution in [0.1, 0.15) is 30.1 Å². The van der Waals surface area contributed by atoms with Crippen LogP contribution in [0.5, 0.6) is 5.75 Å². The van der Waals surface area contributed by atoms with Gasteiger partial charge >= 0.3 is 0 Å². The van der Waals surface area contributed by atoms with E-state index in [1.54, 1.807) is 12.1 Å². The van der Waals surface area contributed by atoms with E-state index in [4.69, 9.17) is 9.47 Å². The zero-order chi connectivity index (χ0) is 11.4. The van der Waals surface area contributed by atoms with Crippen molar-refractivity contribution in [1.82, 2.24) is 0 Å². The molecule has 0 bridgehead atoms. The van der Waals surface area contributed by atoms with E-state index in [2.05, 4.69) is 6.92 Å². The van der Waals surface area contributed by atoms with E-state index in [-0.39, 0.29) is 6.10 Å². The van der Waals surface area contributed by atoms with Crippen LogP contribution in [0.3, 0.4) is 0 Å². The minimum atomic E-state index is 0.209. The summed E-state index contributed by atoms with van der Waals surface area (Å²) >= 11 is 0. The second-order valence-corrected chi connectivity index (χ2v) is 4.14. The maximum atomic E-state index is 10.5. The highest BCUT2D eigenvalue weighted by Gasteiger charge is 2.21. The van der Waals surface area contributed by atoms with Gasteiger partial charge in [-0.2, -0.15) is 0 Å². The lowest BCUT2D eigenvalue weighted by Gasteiger charge is -2.12. The molecule has 0 N–H and O–H groups in total. The molecule has 0 aromatic heterocycles. The van der Waals surface area contributed by atoms with Crippen molar-refractivity contribution in [2.24, 2.45) is 0 Å². The second kappa shape index (κ2) is 5.12. The Morgan fingerprint density at radius 2 is 2.12 bits per heavy atom. The Morgan fingerprint density at radius 1 is 1.38 bits per heavy atom. The Bertz CT molecular complexity index is 345. The minimum absolute atomic E-state index is 0.209. The van der Waals surface area contributed by atoms with Gasteiger partial charge in [-0.05, 0) is 44.0 Å². The van der Waals surface area contributed by atoms with Crippen LogP contribution >= 0.6 is 0 Å². The van der Waals surface area contributed by atoms with Gasteiger partial charge in [0.2, 0.25) is 0 Å². The molecule has 16 heavy (non-hydrogen) atoms. The van der Waals surface area contributed by atoms with Crippen LogP contribution in [0.4, 0.5) is 0 Å². The molecule has 86 valence electrons. The SMILES string of the molecule is CC1CCC(COc2ccc(C=O)cc2)O1. The molecule has 3 heteroatoms. The molecule has 1 aliphatic rings. The third-order valence-electron chi connectivity index (χ3n) is 2.77. The Kier molecular flexibility index (Phi) is 3.57. The number of ether oxygens (including phenoxy) is 2. The molecule has 3 nitrogen and oxygen atoms in total. The summed E-state index contributed by atoms with van der Waals surface area (Å²) in [6, 6.07) is 7.12. The standard InChI is InChI=1S/C13H16O3/c1-10-2-5-13(16-10)9-15-12-6-3-11(8-14)4-7-12/h3-4,6-8,10,13H,2,5,9H2,1H3. The van der Waals surface area contributed by atoms with Gasteiger partial charge in [0.25, 0.3) is 0 Å². The molecule has 2 rings (SSSR count). The third-order valence-corrected chi connectivity index (χ3v) is 2.77. The second-order valence-electron chi connectivity index (χ2n) is 4.14. The largest absolute Gasteiger partial charge is 0.491 e. The van der Waals surface area contributed by atoms with Gasteiger partial charge in [0.15, 0.2) is 0 Å². The van der Waals surface area contributed by atoms with Gasteiger partial charge in [-0.1, -0.05) is 0 Å². The lowest BCUT2D eigenvalue weighted by atomic mass is 10.2. The number of hydrogen-bond donors (Lipinski definition) is 0. The van der Waals surface area contributed by atoms with Gasteiger partial charge in [-0.3, -0.25) is 4.79 Å². The Balaban J connectivity index is 1.82. The monoisotopic (exact) mass is 220 g/mol. The van der Waals surface area contributed by atoms with E-state index in [1.807, 2.05) is 12.1 Å². The first-order valence-electron chi connectivity index (χ1n) is 5.61. The lowest BCUT2D eigenvalue weighted by molar-refractivity contribution is 0.0264. The van der Waals surface area contributed by atoms with E-state index in [9.17, 15) is 4.79 Å². The normalized spacial score (nSPS) is 24.3. The van der Waals surface area contributed by atoms with E-state index in [1.165, 1.54) is 0 Å². The van der Waals surface area contributed by atoms with Gasteiger partial charge in [0.05, 0.1) is 12.2 Å². The minimum Gasteiger partial charge on any atom is -0.491 e. The van der Waals surface area contributed by atoms with E-state index < -0.39 is 0 Å². The van der Waals surface area contributed by atoms with Crippen molar-refractivity contribution in [2.75, 3.05) is 6.61 Å². The first-order chi connectivity index (χ1) is 7.78. The van der Waals surface area contributed by atoms with Crippen LogP contribution in [0.15, 0.2) is 24.3 Å². The molecule has 0 aliphatic carbocycles. The number of benzene rings is 1. The van der Waals surface area contributed by atoms with Crippen molar-refractivity contribution in [3.05, 3.63) is 29.8 Å². The molecule has 0 radical (unpaired) electrons. The summed E-state index contributed by atoms with van der Waals surface area (Å²) in [5.41, 5.74) is 0.665. The van der Waals surface area contributed by atoms with E-state index >= 15 is 0 Å². The van der Waals surface area contributed by atoms with Crippen molar-refractivity contribution < 1.29 is 14.3 Å². The summed E-state index contributed by atoms with van der Waals surface area (Å²) in [6.45, 7) is 2.67. The summed E-state index contributed by atoms with van der Waals surface area (Å²) in [7, 11) is 0. The van der Waals surface area contributed by atoms with Crippen LogP contribution in [-0.4, -0.2) is 25.1 Å². The molecule has 0 spiro atoms. The Hall–Kier alpha value is -1.35. The number of carbonyl (C=O) groups excluding carboxylic acids is 1.